The first-order valence-corrected chi connectivity index (χ1v) is 14.3. The number of aryl methyl sites for hydroxylation is 2. The molecule has 0 atom stereocenters. The third kappa shape index (κ3) is 3.69. The topological polar surface area (TPSA) is 101 Å². The molecule has 0 saturated heterocycles. The number of aliphatic hydroxyl groups is 1. The molecule has 8 nitrogen and oxygen atoms in total. The summed E-state index contributed by atoms with van der Waals surface area (Å²) in [6, 6.07) is 29.0. The second-order valence-corrected chi connectivity index (χ2v) is 11.5. The van der Waals surface area contributed by atoms with Crippen LogP contribution in [0.1, 0.15) is 50.5 Å². The quantitative estimate of drug-likeness (QED) is 0.268. The molecular weight excluding hydrogens is 538 g/mol. The SMILES string of the molecule is Cc1cc2nc(C)c3cc(-c4ccccc4)c(-c4ccc(C5(N6C(=O)c7ccccc7C6=O)CC(O)C5)cc4)nc3n2n1. The first kappa shape index (κ1) is 25.5. The van der Waals surface area contributed by atoms with Crippen LogP contribution in [0.5, 0.6) is 0 Å². The van der Waals surface area contributed by atoms with E-state index < -0.39 is 11.6 Å². The van der Waals surface area contributed by atoms with Crippen LogP contribution in [-0.4, -0.2) is 47.5 Å². The number of rotatable bonds is 4. The molecule has 3 aromatic carbocycles. The van der Waals surface area contributed by atoms with Gasteiger partial charge in [0.2, 0.25) is 0 Å². The first-order chi connectivity index (χ1) is 20.8. The maximum Gasteiger partial charge on any atom is 0.262 e. The van der Waals surface area contributed by atoms with Crippen LogP contribution in [0.4, 0.5) is 0 Å². The van der Waals surface area contributed by atoms with Crippen molar-refractivity contribution in [3.8, 4) is 22.4 Å². The van der Waals surface area contributed by atoms with Gasteiger partial charge in [-0.2, -0.15) is 9.61 Å². The number of pyridine rings is 1. The minimum atomic E-state index is -0.911. The number of benzene rings is 3. The molecule has 1 aliphatic heterocycles. The Morgan fingerprint density at radius 2 is 1.42 bits per heavy atom. The van der Waals surface area contributed by atoms with Crippen LogP contribution >= 0.6 is 0 Å². The van der Waals surface area contributed by atoms with E-state index in [4.69, 9.17) is 9.97 Å². The van der Waals surface area contributed by atoms with E-state index in [-0.39, 0.29) is 11.8 Å². The van der Waals surface area contributed by atoms with Crippen LogP contribution in [0.2, 0.25) is 0 Å². The van der Waals surface area contributed by atoms with Gasteiger partial charge < -0.3 is 5.11 Å². The van der Waals surface area contributed by atoms with Gasteiger partial charge in [-0.15, -0.1) is 0 Å². The Kier molecular flexibility index (Phi) is 5.42. The summed E-state index contributed by atoms with van der Waals surface area (Å²) in [7, 11) is 0. The van der Waals surface area contributed by atoms with Crippen LogP contribution in [0.25, 0.3) is 39.1 Å². The average molecular weight is 566 g/mol. The van der Waals surface area contributed by atoms with Crippen molar-refractivity contribution in [2.45, 2.75) is 38.3 Å². The average Bonchev–Trinajstić information content (AvgIpc) is 3.51. The molecule has 6 aromatic rings. The van der Waals surface area contributed by atoms with Crippen LogP contribution in [0.15, 0.2) is 91.0 Å². The van der Waals surface area contributed by atoms with E-state index in [0.717, 1.165) is 56.0 Å². The molecule has 0 unspecified atom stereocenters. The van der Waals surface area contributed by atoms with Gasteiger partial charge in [0.1, 0.15) is 0 Å². The number of nitrogens with zero attached hydrogens (tertiary/aromatic N) is 5. The molecule has 8 rings (SSSR count). The lowest BCUT2D eigenvalue weighted by atomic mass is 9.68. The Hall–Kier alpha value is -5.21. The predicted octanol–water partition coefficient (Wildman–Crippen LogP) is 5.87. The van der Waals surface area contributed by atoms with Crippen molar-refractivity contribution in [2.75, 3.05) is 0 Å². The third-order valence-electron chi connectivity index (χ3n) is 8.84. The summed E-state index contributed by atoms with van der Waals surface area (Å²) in [5, 5.41) is 16.0. The van der Waals surface area contributed by atoms with Gasteiger partial charge in [-0.3, -0.25) is 14.5 Å². The number of aromatic nitrogens is 4. The number of amides is 2. The van der Waals surface area contributed by atoms with E-state index in [1.54, 1.807) is 28.8 Å². The van der Waals surface area contributed by atoms with Gasteiger partial charge in [0.25, 0.3) is 11.8 Å². The highest BCUT2D eigenvalue weighted by molar-refractivity contribution is 6.22. The van der Waals surface area contributed by atoms with E-state index in [0.29, 0.717) is 24.0 Å². The Bertz CT molecular complexity index is 2080. The maximum absolute atomic E-state index is 13.5. The van der Waals surface area contributed by atoms with Gasteiger partial charge in [-0.1, -0.05) is 66.7 Å². The molecule has 0 radical (unpaired) electrons. The molecule has 2 amide bonds. The predicted molar refractivity (Wildman–Crippen MR) is 162 cm³/mol. The Morgan fingerprint density at radius 1 is 0.767 bits per heavy atom. The van der Waals surface area contributed by atoms with Crippen molar-refractivity contribution >= 4 is 28.5 Å². The highest BCUT2D eigenvalue weighted by atomic mass is 16.3. The second-order valence-electron chi connectivity index (χ2n) is 11.5. The summed E-state index contributed by atoms with van der Waals surface area (Å²) >= 11 is 0. The summed E-state index contributed by atoms with van der Waals surface area (Å²) in [5.74, 6) is -0.636. The highest BCUT2D eigenvalue weighted by Gasteiger charge is 2.56. The molecule has 3 aromatic heterocycles. The lowest BCUT2D eigenvalue weighted by molar-refractivity contribution is -0.0507. The minimum Gasteiger partial charge on any atom is -0.393 e. The largest absolute Gasteiger partial charge is 0.393 e. The summed E-state index contributed by atoms with van der Waals surface area (Å²) in [6.07, 6.45) is 0.00152. The minimum absolute atomic E-state index is 0.296. The molecule has 0 bridgehead atoms. The number of aliphatic hydroxyl groups excluding tert-OH is 1. The number of carbonyl (C=O) groups is 2. The number of hydrogen-bond acceptors (Lipinski definition) is 6. The highest BCUT2D eigenvalue weighted by Crippen LogP contribution is 2.50. The van der Waals surface area contributed by atoms with Crippen LogP contribution in [0, 0.1) is 13.8 Å². The van der Waals surface area contributed by atoms with Crippen molar-refractivity contribution in [1.82, 2.24) is 24.5 Å². The van der Waals surface area contributed by atoms with E-state index in [9.17, 15) is 14.7 Å². The van der Waals surface area contributed by atoms with Crippen LogP contribution in [0.3, 0.4) is 0 Å². The zero-order valence-corrected chi connectivity index (χ0v) is 23.7. The van der Waals surface area contributed by atoms with Crippen molar-refractivity contribution in [3.63, 3.8) is 0 Å². The summed E-state index contributed by atoms with van der Waals surface area (Å²) in [6.45, 7) is 3.93. The molecular formula is C35H27N5O3. The van der Waals surface area contributed by atoms with Crippen molar-refractivity contribution in [3.05, 3.63) is 119 Å². The number of carbonyl (C=O) groups excluding carboxylic acids is 2. The number of imide groups is 1. The van der Waals surface area contributed by atoms with E-state index >= 15 is 0 Å². The van der Waals surface area contributed by atoms with Crippen molar-refractivity contribution in [2.24, 2.45) is 0 Å². The maximum atomic E-state index is 13.5. The zero-order valence-electron chi connectivity index (χ0n) is 23.7. The fourth-order valence-electron chi connectivity index (χ4n) is 6.73. The van der Waals surface area contributed by atoms with Crippen molar-refractivity contribution < 1.29 is 14.7 Å². The standard InChI is InChI=1S/C35H27N5O3/c1-20-16-30-36-21(2)28-17-29(22-8-4-3-5-9-22)31(37-32(28)40(30)38-20)23-12-14-24(15-13-23)35(18-25(41)19-35)39-33(42)26-10-6-7-11-27(26)34(39)43/h3-17,25,41H,18-19H2,1-2H3. The van der Waals surface area contributed by atoms with Gasteiger partial charge >= 0.3 is 0 Å². The first-order valence-electron chi connectivity index (χ1n) is 14.3. The van der Waals surface area contributed by atoms with E-state index in [2.05, 4.69) is 23.3 Å². The summed E-state index contributed by atoms with van der Waals surface area (Å²) < 4.78 is 1.79. The van der Waals surface area contributed by atoms with Gasteiger partial charge in [0, 0.05) is 35.4 Å². The van der Waals surface area contributed by atoms with E-state index in [1.165, 1.54) is 4.90 Å². The number of fused-ring (bicyclic) bond motifs is 4. The lowest BCUT2D eigenvalue weighted by Crippen LogP contribution is -2.59. The molecule has 1 fully saturated rings. The molecule has 1 N–H and O–H groups in total. The fourth-order valence-corrected chi connectivity index (χ4v) is 6.73. The van der Waals surface area contributed by atoms with Gasteiger partial charge in [0.15, 0.2) is 11.3 Å². The fraction of sp³-hybridized carbons (Fsp3) is 0.171. The lowest BCUT2D eigenvalue weighted by Gasteiger charge is -2.50. The molecule has 1 saturated carbocycles. The second kappa shape index (κ2) is 9.14. The summed E-state index contributed by atoms with van der Waals surface area (Å²) in [5.41, 5.74) is 7.57. The van der Waals surface area contributed by atoms with E-state index in [1.807, 2.05) is 62.4 Å². The Labute approximate surface area is 247 Å². The molecule has 8 heteroatoms. The molecule has 210 valence electrons. The smallest absolute Gasteiger partial charge is 0.262 e. The molecule has 1 aliphatic carbocycles. The Balaban J connectivity index is 1.28. The third-order valence-corrected chi connectivity index (χ3v) is 8.84. The molecule has 2 aliphatic rings. The van der Waals surface area contributed by atoms with Crippen LogP contribution in [-0.2, 0) is 5.54 Å². The summed E-state index contributed by atoms with van der Waals surface area (Å²) in [4.78, 5) is 38.3. The zero-order chi connectivity index (χ0) is 29.5. The number of hydrogen-bond donors (Lipinski definition) is 1. The van der Waals surface area contributed by atoms with Gasteiger partial charge in [-0.25, -0.2) is 9.97 Å². The molecule has 4 heterocycles. The van der Waals surface area contributed by atoms with Crippen LogP contribution < -0.4 is 0 Å². The Morgan fingerprint density at radius 3 is 2.07 bits per heavy atom. The normalized spacial score (nSPS) is 19.7. The van der Waals surface area contributed by atoms with Crippen molar-refractivity contribution in [1.29, 1.82) is 0 Å². The molecule has 0 spiro atoms. The molecule has 43 heavy (non-hydrogen) atoms. The monoisotopic (exact) mass is 565 g/mol. The van der Waals surface area contributed by atoms with Gasteiger partial charge in [-0.05, 0) is 43.2 Å². The van der Waals surface area contributed by atoms with Gasteiger partial charge in [0.05, 0.1) is 39.9 Å².